The van der Waals surface area contributed by atoms with Crippen LogP contribution in [0, 0.1) is 0 Å². The second-order valence-electron chi connectivity index (χ2n) is 2.46. The third kappa shape index (κ3) is 1.88. The van der Waals surface area contributed by atoms with Gasteiger partial charge in [0, 0.05) is 18.4 Å². The van der Waals surface area contributed by atoms with E-state index in [4.69, 9.17) is 4.18 Å². The summed E-state index contributed by atoms with van der Waals surface area (Å²) < 4.78 is 14.3. The van der Waals surface area contributed by atoms with Crippen molar-refractivity contribution in [1.82, 2.24) is 0 Å². The van der Waals surface area contributed by atoms with Crippen LogP contribution in [0.3, 0.4) is 0 Å². The highest BCUT2D eigenvalue weighted by molar-refractivity contribution is 8.25. The van der Waals surface area contributed by atoms with Crippen molar-refractivity contribution >= 4 is 16.6 Å². The average Bonchev–Trinajstić information content (AvgIpc) is 2.12. The minimum absolute atomic E-state index is 0.362. The summed E-state index contributed by atoms with van der Waals surface area (Å²) in [6, 6.07) is 0. The predicted octanol–water partition coefficient (Wildman–Crippen LogP) is 1.54. The van der Waals surface area contributed by atoms with Gasteiger partial charge in [0.25, 0.3) is 0 Å². The zero-order valence-corrected chi connectivity index (χ0v) is 6.82. The first kappa shape index (κ1) is 7.88. The summed E-state index contributed by atoms with van der Waals surface area (Å²) in [6.07, 6.45) is 1.97. The van der Waals surface area contributed by atoms with Gasteiger partial charge in [0.2, 0.25) is 0 Å². The van der Waals surface area contributed by atoms with Gasteiger partial charge >= 0.3 is 5.97 Å². The number of hydrogen-bond acceptors (Lipinski definition) is 3. The Balaban J connectivity index is 2.43. The summed E-state index contributed by atoms with van der Waals surface area (Å²) in [5.41, 5.74) is 0. The van der Waals surface area contributed by atoms with Gasteiger partial charge in [0.1, 0.15) is 0 Å². The van der Waals surface area contributed by atoms with Crippen LogP contribution >= 0.6 is 10.6 Å². The molecule has 1 heterocycles. The molecule has 0 atom stereocenters. The molecule has 1 fully saturated rings. The quantitative estimate of drug-likeness (QED) is 0.639. The van der Waals surface area contributed by atoms with E-state index in [1.54, 1.807) is 0 Å². The van der Waals surface area contributed by atoms with E-state index < -0.39 is 10.6 Å². The van der Waals surface area contributed by atoms with Crippen LogP contribution in [0.25, 0.3) is 0 Å². The van der Waals surface area contributed by atoms with Crippen molar-refractivity contribution in [2.75, 3.05) is 11.5 Å². The van der Waals surface area contributed by atoms with Crippen LogP contribution in [0.15, 0.2) is 0 Å². The van der Waals surface area contributed by atoms with Crippen molar-refractivity contribution in [3.8, 4) is 0 Å². The first-order valence-electron chi connectivity index (χ1n) is 3.33. The molecule has 0 aliphatic carbocycles. The van der Waals surface area contributed by atoms with Crippen molar-refractivity contribution in [3.63, 3.8) is 0 Å². The van der Waals surface area contributed by atoms with Crippen molar-refractivity contribution in [1.29, 1.82) is 0 Å². The smallest absolute Gasteiger partial charge is 0.324 e. The lowest BCUT2D eigenvalue weighted by Crippen LogP contribution is -2.08. The third-order valence-electron chi connectivity index (χ3n) is 1.45. The first-order valence-corrected chi connectivity index (χ1v) is 5.19. The Morgan fingerprint density at radius 2 is 2.00 bits per heavy atom. The van der Waals surface area contributed by atoms with Crippen LogP contribution in [0.1, 0.15) is 19.8 Å². The van der Waals surface area contributed by atoms with E-state index in [2.05, 4.69) is 0 Å². The topological polar surface area (TPSA) is 46.5 Å². The maximum Gasteiger partial charge on any atom is 0.324 e. The Bertz CT molecular complexity index is 140. The van der Waals surface area contributed by atoms with Gasteiger partial charge in [-0.3, -0.25) is 9.35 Å². The van der Waals surface area contributed by atoms with Gasteiger partial charge in [-0.25, -0.2) is 0 Å². The van der Waals surface area contributed by atoms with E-state index in [0.29, 0.717) is 11.5 Å². The summed E-state index contributed by atoms with van der Waals surface area (Å²) >= 11 is 0. The fourth-order valence-corrected chi connectivity index (χ4v) is 3.18. The first-order chi connectivity index (χ1) is 4.62. The predicted molar refractivity (Wildman–Crippen MR) is 41.0 cm³/mol. The second-order valence-corrected chi connectivity index (χ2v) is 4.99. The van der Waals surface area contributed by atoms with Crippen molar-refractivity contribution in [2.24, 2.45) is 0 Å². The van der Waals surface area contributed by atoms with Crippen LogP contribution in [0.5, 0.6) is 0 Å². The molecule has 1 N–H and O–H groups in total. The molecular formula is C6H12O3S. The van der Waals surface area contributed by atoms with Crippen molar-refractivity contribution in [3.05, 3.63) is 0 Å². The van der Waals surface area contributed by atoms with E-state index in [9.17, 15) is 9.35 Å². The molecule has 0 aromatic carbocycles. The van der Waals surface area contributed by atoms with Gasteiger partial charge < -0.3 is 4.18 Å². The fourth-order valence-electron chi connectivity index (χ4n) is 1.06. The molecule has 0 unspecified atom stereocenters. The maximum absolute atomic E-state index is 10.4. The molecule has 0 spiro atoms. The van der Waals surface area contributed by atoms with Gasteiger partial charge in [0.15, 0.2) is 0 Å². The summed E-state index contributed by atoms with van der Waals surface area (Å²) in [7, 11) is -1.95. The highest BCUT2D eigenvalue weighted by Crippen LogP contribution is 2.50. The highest BCUT2D eigenvalue weighted by atomic mass is 32.3. The van der Waals surface area contributed by atoms with E-state index in [1.165, 1.54) is 6.92 Å². The normalized spacial score (nSPS) is 25.8. The molecule has 1 aliphatic heterocycles. The van der Waals surface area contributed by atoms with Crippen LogP contribution in [-0.4, -0.2) is 22.0 Å². The SMILES string of the molecule is CC(=O)OS1(O)CCCC1. The van der Waals surface area contributed by atoms with Gasteiger partial charge in [0.05, 0.1) is 0 Å². The number of carbonyl (C=O) groups is 1. The number of hydrogen-bond donors (Lipinski definition) is 1. The molecule has 1 rings (SSSR count). The van der Waals surface area contributed by atoms with E-state index in [1.807, 2.05) is 0 Å². The van der Waals surface area contributed by atoms with E-state index in [-0.39, 0.29) is 5.97 Å². The standard InChI is InChI=1S/C6H12O3S/c1-6(7)9-10(8)4-2-3-5-10/h8H,2-5H2,1H3. The molecule has 0 aromatic heterocycles. The average molecular weight is 164 g/mol. The van der Waals surface area contributed by atoms with Gasteiger partial charge in [-0.1, -0.05) is 0 Å². The monoisotopic (exact) mass is 164 g/mol. The number of rotatable bonds is 1. The Labute approximate surface area is 62.1 Å². The number of carbonyl (C=O) groups excluding carboxylic acids is 1. The van der Waals surface area contributed by atoms with Crippen LogP contribution in [-0.2, 0) is 8.98 Å². The Hall–Kier alpha value is -0.220. The molecule has 0 aromatic rings. The van der Waals surface area contributed by atoms with Crippen LogP contribution in [0.2, 0.25) is 0 Å². The van der Waals surface area contributed by atoms with Crippen molar-refractivity contribution < 1.29 is 13.5 Å². The summed E-state index contributed by atoms with van der Waals surface area (Å²) in [6.45, 7) is 1.34. The lowest BCUT2D eigenvalue weighted by molar-refractivity contribution is -0.131. The molecule has 4 heteroatoms. The minimum Gasteiger partial charge on any atom is -0.354 e. The summed E-state index contributed by atoms with van der Waals surface area (Å²) in [4.78, 5) is 10.4. The molecule has 0 saturated carbocycles. The molecule has 0 radical (unpaired) electrons. The molecule has 10 heavy (non-hydrogen) atoms. The summed E-state index contributed by atoms with van der Waals surface area (Å²) in [5.74, 6) is 0.985. The van der Waals surface area contributed by atoms with Gasteiger partial charge in [-0.2, -0.15) is 10.6 Å². The van der Waals surface area contributed by atoms with Gasteiger partial charge in [-0.15, -0.1) is 0 Å². The van der Waals surface area contributed by atoms with E-state index in [0.717, 1.165) is 12.8 Å². The fraction of sp³-hybridized carbons (Fsp3) is 0.833. The summed E-state index contributed by atoms with van der Waals surface area (Å²) in [5, 5.41) is 0. The molecule has 60 valence electrons. The molecule has 0 amide bonds. The molecular weight excluding hydrogens is 152 g/mol. The van der Waals surface area contributed by atoms with E-state index >= 15 is 0 Å². The van der Waals surface area contributed by atoms with Crippen LogP contribution in [0.4, 0.5) is 0 Å². The molecule has 3 nitrogen and oxygen atoms in total. The Morgan fingerprint density at radius 1 is 1.50 bits per heavy atom. The lowest BCUT2D eigenvalue weighted by Gasteiger charge is -2.31. The lowest BCUT2D eigenvalue weighted by atomic mass is 10.4. The zero-order valence-electron chi connectivity index (χ0n) is 6.00. The second kappa shape index (κ2) is 2.80. The molecule has 1 aliphatic rings. The highest BCUT2D eigenvalue weighted by Gasteiger charge is 2.24. The largest absolute Gasteiger partial charge is 0.354 e. The molecule has 1 saturated heterocycles. The minimum atomic E-state index is -1.95. The van der Waals surface area contributed by atoms with Crippen molar-refractivity contribution in [2.45, 2.75) is 19.8 Å². The zero-order chi connectivity index (χ0) is 7.61. The molecule has 0 bridgehead atoms. The maximum atomic E-state index is 10.4. The van der Waals surface area contributed by atoms with Crippen LogP contribution < -0.4 is 0 Å². The Morgan fingerprint density at radius 3 is 2.40 bits per heavy atom. The Kier molecular flexibility index (Phi) is 2.21. The van der Waals surface area contributed by atoms with Gasteiger partial charge in [-0.05, 0) is 12.8 Å². The third-order valence-corrected chi connectivity index (χ3v) is 3.85.